The Balaban J connectivity index is 1.80. The number of aldehydes is 2. The van der Waals surface area contributed by atoms with E-state index < -0.39 is 0 Å². The normalized spacial score (nSPS) is 14.5. The fourth-order valence-corrected chi connectivity index (χ4v) is 4.27. The molecule has 26 heavy (non-hydrogen) atoms. The zero-order chi connectivity index (χ0) is 18.8. The molecule has 0 bridgehead atoms. The van der Waals surface area contributed by atoms with Gasteiger partial charge < -0.3 is 9.80 Å². The van der Waals surface area contributed by atoms with Crippen LogP contribution in [0.5, 0.6) is 0 Å². The molecule has 0 amide bonds. The molecular weight excluding hydrogens is 324 g/mol. The second-order valence-corrected chi connectivity index (χ2v) is 7.22. The van der Waals surface area contributed by atoms with Gasteiger partial charge in [-0.05, 0) is 74.2 Å². The lowest BCUT2D eigenvalue weighted by Crippen LogP contribution is -2.47. The third-order valence-electron chi connectivity index (χ3n) is 5.21. The van der Waals surface area contributed by atoms with E-state index in [9.17, 15) is 9.59 Å². The van der Waals surface area contributed by atoms with Gasteiger partial charge in [-0.25, -0.2) is 0 Å². The highest BCUT2D eigenvalue weighted by molar-refractivity contribution is 5.79. The molecule has 0 radical (unpaired) electrons. The maximum Gasteiger partial charge on any atom is 0.150 e. The number of aryl methyl sites for hydroxylation is 4. The largest absolute Gasteiger partial charge is 0.368 e. The summed E-state index contributed by atoms with van der Waals surface area (Å²) in [6.45, 7) is 12.1. The number of piperazine rings is 1. The molecule has 1 fully saturated rings. The molecule has 0 N–H and O–H groups in total. The highest BCUT2D eigenvalue weighted by Gasteiger charge is 2.22. The van der Waals surface area contributed by atoms with Gasteiger partial charge in [0.2, 0.25) is 0 Å². The third-order valence-corrected chi connectivity index (χ3v) is 5.21. The summed E-state index contributed by atoms with van der Waals surface area (Å²) in [6.07, 6.45) is 1.83. The van der Waals surface area contributed by atoms with Gasteiger partial charge in [0, 0.05) is 48.7 Å². The van der Waals surface area contributed by atoms with Crippen molar-refractivity contribution in [2.45, 2.75) is 27.7 Å². The summed E-state index contributed by atoms with van der Waals surface area (Å²) in [7, 11) is 0. The molecule has 2 aromatic carbocycles. The Labute approximate surface area is 155 Å². The van der Waals surface area contributed by atoms with Crippen molar-refractivity contribution in [3.05, 3.63) is 57.6 Å². The van der Waals surface area contributed by atoms with Crippen LogP contribution < -0.4 is 9.80 Å². The Morgan fingerprint density at radius 2 is 0.885 bits per heavy atom. The van der Waals surface area contributed by atoms with Crippen molar-refractivity contribution in [1.82, 2.24) is 0 Å². The van der Waals surface area contributed by atoms with E-state index in [1.165, 1.54) is 11.4 Å². The van der Waals surface area contributed by atoms with E-state index in [0.717, 1.165) is 72.1 Å². The van der Waals surface area contributed by atoms with Gasteiger partial charge in [-0.15, -0.1) is 0 Å². The first kappa shape index (κ1) is 18.2. The van der Waals surface area contributed by atoms with Gasteiger partial charge in [0.25, 0.3) is 0 Å². The molecule has 1 aliphatic rings. The monoisotopic (exact) mass is 350 g/mol. The first-order valence-corrected chi connectivity index (χ1v) is 9.07. The molecule has 0 saturated carbocycles. The number of carbonyl (C=O) groups excluding carboxylic acids is 2. The molecule has 3 rings (SSSR count). The standard InChI is InChI=1S/C22H26N2O2/c1-15-9-19(13-25)10-16(2)21(15)23-5-7-24(8-6-23)22-17(3)11-20(14-26)12-18(22)4/h9-14H,5-8H2,1-4H3. The molecular formula is C22H26N2O2. The second-order valence-electron chi connectivity index (χ2n) is 7.22. The third kappa shape index (κ3) is 3.36. The van der Waals surface area contributed by atoms with Crippen molar-refractivity contribution < 1.29 is 9.59 Å². The van der Waals surface area contributed by atoms with E-state index in [2.05, 4.69) is 37.5 Å². The Hall–Kier alpha value is -2.62. The zero-order valence-corrected chi connectivity index (χ0v) is 16.0. The second kappa shape index (κ2) is 7.32. The average Bonchev–Trinajstić information content (AvgIpc) is 2.61. The summed E-state index contributed by atoms with van der Waals surface area (Å²) in [5.41, 5.74) is 8.60. The summed E-state index contributed by atoms with van der Waals surface area (Å²) in [6, 6.07) is 7.87. The highest BCUT2D eigenvalue weighted by atomic mass is 16.1. The fraction of sp³-hybridized carbons (Fsp3) is 0.364. The first-order valence-electron chi connectivity index (χ1n) is 9.07. The minimum atomic E-state index is 0.740. The molecule has 0 aromatic heterocycles. The number of carbonyl (C=O) groups is 2. The average molecular weight is 350 g/mol. The SMILES string of the molecule is Cc1cc(C=O)cc(C)c1N1CCN(c2c(C)cc(C=O)cc2C)CC1. The van der Waals surface area contributed by atoms with Gasteiger partial charge in [0.1, 0.15) is 12.6 Å². The van der Waals surface area contributed by atoms with E-state index in [0.29, 0.717) is 0 Å². The van der Waals surface area contributed by atoms with Crippen molar-refractivity contribution in [1.29, 1.82) is 0 Å². The molecule has 0 atom stereocenters. The maximum absolute atomic E-state index is 11.1. The van der Waals surface area contributed by atoms with Crippen LogP contribution in [-0.2, 0) is 0 Å². The van der Waals surface area contributed by atoms with Crippen molar-refractivity contribution in [3.8, 4) is 0 Å². The van der Waals surface area contributed by atoms with Crippen molar-refractivity contribution in [2.24, 2.45) is 0 Å². The Morgan fingerprint density at radius 1 is 0.615 bits per heavy atom. The van der Waals surface area contributed by atoms with Gasteiger partial charge in [-0.3, -0.25) is 9.59 Å². The smallest absolute Gasteiger partial charge is 0.150 e. The number of anilines is 2. The van der Waals surface area contributed by atoms with Crippen molar-refractivity contribution >= 4 is 23.9 Å². The van der Waals surface area contributed by atoms with E-state index in [-0.39, 0.29) is 0 Å². The van der Waals surface area contributed by atoms with E-state index in [1.807, 2.05) is 24.3 Å². The van der Waals surface area contributed by atoms with Crippen LogP contribution in [-0.4, -0.2) is 38.8 Å². The first-order chi connectivity index (χ1) is 12.4. The van der Waals surface area contributed by atoms with E-state index >= 15 is 0 Å². The minimum Gasteiger partial charge on any atom is -0.368 e. The van der Waals surface area contributed by atoms with Crippen LogP contribution in [0.15, 0.2) is 24.3 Å². The summed E-state index contributed by atoms with van der Waals surface area (Å²) >= 11 is 0. The van der Waals surface area contributed by atoms with Gasteiger partial charge >= 0.3 is 0 Å². The van der Waals surface area contributed by atoms with Gasteiger partial charge in [0.05, 0.1) is 0 Å². The van der Waals surface area contributed by atoms with Gasteiger partial charge in [0.15, 0.2) is 0 Å². The minimum absolute atomic E-state index is 0.740. The lowest BCUT2D eigenvalue weighted by atomic mass is 10.0. The summed E-state index contributed by atoms with van der Waals surface area (Å²) in [5, 5.41) is 0. The number of rotatable bonds is 4. The molecule has 1 heterocycles. The van der Waals surface area contributed by atoms with Crippen LogP contribution in [0.2, 0.25) is 0 Å². The predicted molar refractivity (Wildman–Crippen MR) is 107 cm³/mol. The molecule has 2 aromatic rings. The summed E-state index contributed by atoms with van der Waals surface area (Å²) in [4.78, 5) is 27.0. The number of benzene rings is 2. The Bertz CT molecular complexity index is 732. The van der Waals surface area contributed by atoms with E-state index in [4.69, 9.17) is 0 Å². The van der Waals surface area contributed by atoms with Crippen LogP contribution in [0, 0.1) is 27.7 Å². The topological polar surface area (TPSA) is 40.6 Å². The van der Waals surface area contributed by atoms with Crippen LogP contribution in [0.1, 0.15) is 43.0 Å². The highest BCUT2D eigenvalue weighted by Crippen LogP contribution is 2.30. The molecule has 1 saturated heterocycles. The number of hydrogen-bond donors (Lipinski definition) is 0. The molecule has 136 valence electrons. The molecule has 0 spiro atoms. The molecule has 4 nitrogen and oxygen atoms in total. The summed E-state index contributed by atoms with van der Waals surface area (Å²) < 4.78 is 0. The lowest BCUT2D eigenvalue weighted by molar-refractivity contribution is 0.111. The van der Waals surface area contributed by atoms with Crippen LogP contribution >= 0.6 is 0 Å². The van der Waals surface area contributed by atoms with Gasteiger partial charge in [-0.1, -0.05) is 0 Å². The van der Waals surface area contributed by atoms with Crippen LogP contribution in [0.25, 0.3) is 0 Å². The molecule has 1 aliphatic heterocycles. The lowest BCUT2D eigenvalue weighted by Gasteiger charge is -2.40. The molecule has 4 heteroatoms. The summed E-state index contributed by atoms with van der Waals surface area (Å²) in [5.74, 6) is 0. The maximum atomic E-state index is 11.1. The van der Waals surface area contributed by atoms with E-state index in [1.54, 1.807) is 0 Å². The van der Waals surface area contributed by atoms with Gasteiger partial charge in [-0.2, -0.15) is 0 Å². The molecule has 0 aliphatic carbocycles. The predicted octanol–water partition coefficient (Wildman–Crippen LogP) is 3.87. The van der Waals surface area contributed by atoms with Crippen molar-refractivity contribution in [3.63, 3.8) is 0 Å². The quantitative estimate of drug-likeness (QED) is 0.785. The Morgan fingerprint density at radius 3 is 1.12 bits per heavy atom. The Kier molecular flexibility index (Phi) is 5.12. The van der Waals surface area contributed by atoms with Crippen molar-refractivity contribution in [2.75, 3.05) is 36.0 Å². The molecule has 0 unspecified atom stereocenters. The van der Waals surface area contributed by atoms with Crippen LogP contribution in [0.4, 0.5) is 11.4 Å². The number of nitrogens with zero attached hydrogens (tertiary/aromatic N) is 2. The fourth-order valence-electron chi connectivity index (χ4n) is 4.27. The van der Waals surface area contributed by atoms with Crippen LogP contribution in [0.3, 0.4) is 0 Å². The zero-order valence-electron chi connectivity index (χ0n) is 16.0. The number of hydrogen-bond acceptors (Lipinski definition) is 4.